The number of nitrogens with one attached hydrogen (secondary N) is 2. The molecule has 4 rings (SSSR count). The van der Waals surface area contributed by atoms with Gasteiger partial charge in [0.1, 0.15) is 17.2 Å². The lowest BCUT2D eigenvalue weighted by Gasteiger charge is -2.08. The van der Waals surface area contributed by atoms with Crippen LogP contribution in [0.15, 0.2) is 71.5 Å². The van der Waals surface area contributed by atoms with Crippen molar-refractivity contribution in [2.45, 2.75) is 6.54 Å². The Labute approximate surface area is 190 Å². The van der Waals surface area contributed by atoms with Gasteiger partial charge in [0.2, 0.25) is 0 Å². The fraction of sp³-hybridized carbons (Fsp3) is 0.167. The Hall–Kier alpha value is -4.40. The lowest BCUT2D eigenvalue weighted by Crippen LogP contribution is -2.32. The highest BCUT2D eigenvalue weighted by Crippen LogP contribution is 2.22. The Morgan fingerprint density at radius 3 is 2.48 bits per heavy atom. The minimum Gasteiger partial charge on any atom is -0.497 e. The van der Waals surface area contributed by atoms with Crippen molar-refractivity contribution in [3.05, 3.63) is 82.8 Å². The van der Waals surface area contributed by atoms with Crippen LogP contribution < -0.4 is 20.3 Å². The Morgan fingerprint density at radius 2 is 1.73 bits per heavy atom. The van der Waals surface area contributed by atoms with Crippen molar-refractivity contribution in [2.24, 2.45) is 0 Å². The Bertz CT molecular complexity index is 1310. The third-order valence-corrected chi connectivity index (χ3v) is 5.05. The van der Waals surface area contributed by atoms with Gasteiger partial charge < -0.3 is 14.8 Å². The summed E-state index contributed by atoms with van der Waals surface area (Å²) in [5.41, 5.74) is 3.04. The van der Waals surface area contributed by atoms with E-state index in [1.807, 2.05) is 48.5 Å². The zero-order valence-corrected chi connectivity index (χ0v) is 18.2. The summed E-state index contributed by atoms with van der Waals surface area (Å²) in [6.45, 7) is 0.455. The van der Waals surface area contributed by atoms with Gasteiger partial charge in [-0.3, -0.25) is 14.7 Å². The number of hydrogen-bond acceptors (Lipinski definition) is 6. The molecule has 0 bridgehead atoms. The predicted molar refractivity (Wildman–Crippen MR) is 123 cm³/mol. The van der Waals surface area contributed by atoms with E-state index in [0.717, 1.165) is 16.9 Å². The number of H-pyrrole nitrogens is 1. The number of rotatable bonds is 8. The first-order valence-corrected chi connectivity index (χ1v) is 10.3. The van der Waals surface area contributed by atoms with Gasteiger partial charge in [0.15, 0.2) is 0 Å². The average Bonchev–Trinajstić information content (AvgIpc) is 3.36. The van der Waals surface area contributed by atoms with Gasteiger partial charge in [-0.05, 0) is 48.5 Å². The van der Waals surface area contributed by atoms with Gasteiger partial charge in [-0.1, -0.05) is 12.1 Å². The number of carbonyl (C=O) groups is 1. The summed E-state index contributed by atoms with van der Waals surface area (Å²) in [5.74, 6) is 1.12. The summed E-state index contributed by atoms with van der Waals surface area (Å²) >= 11 is 0. The molecule has 0 aliphatic heterocycles. The van der Waals surface area contributed by atoms with Gasteiger partial charge >= 0.3 is 0 Å². The molecule has 0 fully saturated rings. The van der Waals surface area contributed by atoms with Crippen LogP contribution in [0.2, 0.25) is 0 Å². The van der Waals surface area contributed by atoms with E-state index in [0.29, 0.717) is 22.8 Å². The Morgan fingerprint density at radius 1 is 0.939 bits per heavy atom. The normalized spacial score (nSPS) is 10.6. The molecule has 2 heterocycles. The van der Waals surface area contributed by atoms with Crippen LogP contribution in [-0.2, 0) is 6.54 Å². The SMILES string of the molecule is COc1ccc(-c2ccc(=O)n(CCNC(=O)c3cc(-c4cccc(OC)c4)n[nH]3)n2)cc1. The van der Waals surface area contributed by atoms with Gasteiger partial charge in [0, 0.05) is 23.7 Å². The largest absolute Gasteiger partial charge is 0.497 e. The van der Waals surface area contributed by atoms with Crippen molar-refractivity contribution in [3.8, 4) is 34.0 Å². The van der Waals surface area contributed by atoms with Crippen LogP contribution in [0.25, 0.3) is 22.5 Å². The van der Waals surface area contributed by atoms with Gasteiger partial charge in [0.05, 0.1) is 32.2 Å². The van der Waals surface area contributed by atoms with Crippen LogP contribution in [0.3, 0.4) is 0 Å². The highest BCUT2D eigenvalue weighted by Gasteiger charge is 2.12. The van der Waals surface area contributed by atoms with Gasteiger partial charge in [0.25, 0.3) is 11.5 Å². The quantitative estimate of drug-likeness (QED) is 0.431. The topological polar surface area (TPSA) is 111 Å². The number of ether oxygens (including phenoxy) is 2. The molecule has 0 radical (unpaired) electrons. The summed E-state index contributed by atoms with van der Waals surface area (Å²) in [7, 11) is 3.19. The van der Waals surface area contributed by atoms with E-state index in [4.69, 9.17) is 9.47 Å². The van der Waals surface area contributed by atoms with Gasteiger partial charge in [-0.25, -0.2) is 4.68 Å². The fourth-order valence-corrected chi connectivity index (χ4v) is 3.26. The lowest BCUT2D eigenvalue weighted by atomic mass is 10.1. The summed E-state index contributed by atoms with van der Waals surface area (Å²) in [6, 6.07) is 19.6. The van der Waals surface area contributed by atoms with E-state index in [2.05, 4.69) is 20.6 Å². The molecule has 0 unspecified atom stereocenters. The molecule has 9 nitrogen and oxygen atoms in total. The van der Waals surface area contributed by atoms with E-state index < -0.39 is 0 Å². The van der Waals surface area contributed by atoms with Crippen molar-refractivity contribution in [1.29, 1.82) is 0 Å². The molecule has 0 spiro atoms. The molecule has 4 aromatic rings. The van der Waals surface area contributed by atoms with Crippen LogP contribution in [0.1, 0.15) is 10.5 Å². The van der Waals surface area contributed by atoms with Crippen molar-refractivity contribution in [2.75, 3.05) is 20.8 Å². The number of aromatic amines is 1. The molecule has 168 valence electrons. The highest BCUT2D eigenvalue weighted by atomic mass is 16.5. The molecule has 0 aliphatic rings. The number of methoxy groups -OCH3 is 2. The second kappa shape index (κ2) is 9.82. The molecule has 0 saturated heterocycles. The van der Waals surface area contributed by atoms with Crippen molar-refractivity contribution >= 4 is 5.91 Å². The highest BCUT2D eigenvalue weighted by molar-refractivity contribution is 5.93. The third kappa shape index (κ3) is 5.09. The van der Waals surface area contributed by atoms with Crippen LogP contribution in [-0.4, -0.2) is 46.6 Å². The lowest BCUT2D eigenvalue weighted by molar-refractivity contribution is 0.0946. The van der Waals surface area contributed by atoms with Crippen LogP contribution in [0.5, 0.6) is 11.5 Å². The first-order valence-electron chi connectivity index (χ1n) is 10.3. The van der Waals surface area contributed by atoms with Crippen LogP contribution in [0, 0.1) is 0 Å². The van der Waals surface area contributed by atoms with Crippen LogP contribution in [0.4, 0.5) is 0 Å². The number of aromatic nitrogens is 4. The van der Waals surface area contributed by atoms with Crippen LogP contribution >= 0.6 is 0 Å². The zero-order chi connectivity index (χ0) is 23.2. The smallest absolute Gasteiger partial charge is 0.269 e. The maximum Gasteiger partial charge on any atom is 0.269 e. The fourth-order valence-electron chi connectivity index (χ4n) is 3.26. The van der Waals surface area contributed by atoms with E-state index in [-0.39, 0.29) is 24.6 Å². The van der Waals surface area contributed by atoms with E-state index >= 15 is 0 Å². The number of carbonyl (C=O) groups excluding carboxylic acids is 1. The maximum absolute atomic E-state index is 12.5. The van der Waals surface area contributed by atoms with Crippen molar-refractivity contribution in [3.63, 3.8) is 0 Å². The van der Waals surface area contributed by atoms with Gasteiger partial charge in [-0.15, -0.1) is 0 Å². The number of amides is 1. The first kappa shape index (κ1) is 21.8. The Balaban J connectivity index is 1.39. The van der Waals surface area contributed by atoms with Crippen molar-refractivity contribution in [1.82, 2.24) is 25.3 Å². The minimum atomic E-state index is -0.323. The van der Waals surface area contributed by atoms with E-state index in [1.165, 1.54) is 10.7 Å². The third-order valence-electron chi connectivity index (χ3n) is 5.05. The molecule has 0 atom stereocenters. The zero-order valence-electron chi connectivity index (χ0n) is 18.2. The number of benzene rings is 2. The molecule has 0 saturated carbocycles. The second-order valence-corrected chi connectivity index (χ2v) is 7.16. The summed E-state index contributed by atoms with van der Waals surface area (Å²) in [6.07, 6.45) is 0. The van der Waals surface area contributed by atoms with E-state index in [9.17, 15) is 9.59 Å². The number of nitrogens with zero attached hydrogens (tertiary/aromatic N) is 3. The first-order chi connectivity index (χ1) is 16.1. The second-order valence-electron chi connectivity index (χ2n) is 7.16. The predicted octanol–water partition coefficient (Wildman–Crippen LogP) is 2.75. The molecule has 9 heteroatoms. The molecule has 2 aromatic heterocycles. The average molecular weight is 445 g/mol. The minimum absolute atomic E-state index is 0.227. The Kier molecular flexibility index (Phi) is 6.49. The standard InChI is InChI=1S/C24H23N5O4/c1-32-18-8-6-16(7-9-18)20-10-11-23(30)29(28-20)13-12-25-24(31)22-15-21(26-27-22)17-4-3-5-19(14-17)33-2/h3-11,14-15H,12-13H2,1-2H3,(H,25,31)(H,26,27). The molecule has 2 aromatic carbocycles. The molecular formula is C24H23N5O4. The summed E-state index contributed by atoms with van der Waals surface area (Å²) in [4.78, 5) is 24.7. The number of hydrogen-bond donors (Lipinski definition) is 2. The maximum atomic E-state index is 12.5. The summed E-state index contributed by atoms with van der Waals surface area (Å²) in [5, 5.41) is 14.1. The molecule has 0 aliphatic carbocycles. The monoisotopic (exact) mass is 445 g/mol. The molecular weight excluding hydrogens is 422 g/mol. The van der Waals surface area contributed by atoms with Crippen molar-refractivity contribution < 1.29 is 14.3 Å². The van der Waals surface area contributed by atoms with Gasteiger partial charge in [-0.2, -0.15) is 10.2 Å². The molecule has 2 N–H and O–H groups in total. The molecule has 1 amide bonds. The molecule has 33 heavy (non-hydrogen) atoms. The van der Waals surface area contributed by atoms with E-state index in [1.54, 1.807) is 26.4 Å². The summed E-state index contributed by atoms with van der Waals surface area (Å²) < 4.78 is 11.7.